The number of hydrogen-bond donors (Lipinski definition) is 2. The smallest absolute Gasteiger partial charge is 0.388 e. The zero-order valence-electron chi connectivity index (χ0n) is 22.6. The van der Waals surface area contributed by atoms with Gasteiger partial charge >= 0.3 is 7.82 Å². The van der Waals surface area contributed by atoms with Crippen molar-refractivity contribution in [1.29, 1.82) is 0 Å². The highest BCUT2D eigenvalue weighted by molar-refractivity contribution is 7.47. The lowest BCUT2D eigenvalue weighted by molar-refractivity contribution is -0.870. The molecule has 1 unspecified atom stereocenters. The van der Waals surface area contributed by atoms with Gasteiger partial charge in [-0.15, -0.1) is 0 Å². The zero-order chi connectivity index (χ0) is 25.5. The van der Waals surface area contributed by atoms with E-state index in [4.69, 9.17) is 13.8 Å². The second kappa shape index (κ2) is 22.0. The summed E-state index contributed by atoms with van der Waals surface area (Å²) in [4.78, 5) is 9.63. The van der Waals surface area contributed by atoms with Crippen LogP contribution in [0.2, 0.25) is 0 Å². The van der Waals surface area contributed by atoms with E-state index in [0.29, 0.717) is 17.6 Å². The number of aliphatic hydroxyl groups is 1. The Morgan fingerprint density at radius 2 is 1.29 bits per heavy atom. The lowest BCUT2D eigenvalue weighted by Gasteiger charge is -2.24. The highest BCUT2D eigenvalue weighted by Gasteiger charge is 2.24. The molecule has 0 aliphatic heterocycles. The largest absolute Gasteiger partial charge is 0.472 e. The van der Waals surface area contributed by atoms with Crippen molar-refractivity contribution in [3.8, 4) is 0 Å². The summed E-state index contributed by atoms with van der Waals surface area (Å²) in [6.07, 6.45) is 21.7. The Morgan fingerprint density at radius 1 is 0.765 bits per heavy atom. The Kier molecular flexibility index (Phi) is 21.8. The summed E-state index contributed by atoms with van der Waals surface area (Å²) < 4.78 is 27.6. The first-order valence-electron chi connectivity index (χ1n) is 13.5. The number of ether oxygens (including phenoxy) is 1. The molecule has 0 rings (SSSR count). The minimum Gasteiger partial charge on any atom is -0.388 e. The van der Waals surface area contributed by atoms with Crippen LogP contribution >= 0.6 is 7.82 Å². The van der Waals surface area contributed by atoms with Crippen molar-refractivity contribution in [2.75, 3.05) is 54.1 Å². The number of unbranched alkanes of at least 4 members (excludes halogenated alkanes) is 12. The van der Waals surface area contributed by atoms with Gasteiger partial charge in [0.25, 0.3) is 0 Å². The van der Waals surface area contributed by atoms with Gasteiger partial charge in [0.15, 0.2) is 0 Å². The molecule has 0 aliphatic carbocycles. The van der Waals surface area contributed by atoms with E-state index in [-0.39, 0.29) is 19.8 Å². The maximum absolute atomic E-state index is 11.8. The standard InChI is InChI=1S/C26H54NO6P/c1-5-6-7-8-9-10-11-12-13-14-15-16-17-18-19-20-22-31-24-26(28)25-33-34(29,30)32-23-21-27(2,3)4/h18-19,26,28H,5-17,20-25H2,1-4H3/p+1/b19-18-/t26-/m1/s1. The molecule has 2 N–H and O–H groups in total. The predicted octanol–water partition coefficient (Wildman–Crippen LogP) is 6.24. The lowest BCUT2D eigenvalue weighted by atomic mass is 10.0. The van der Waals surface area contributed by atoms with Crippen LogP contribution in [-0.4, -0.2) is 74.7 Å². The van der Waals surface area contributed by atoms with Crippen LogP contribution in [0, 0.1) is 0 Å². The molecular formula is C26H55NO6P+. The second-order valence-electron chi connectivity index (χ2n) is 10.3. The molecule has 0 radical (unpaired) electrons. The van der Waals surface area contributed by atoms with Crippen LogP contribution in [0.5, 0.6) is 0 Å². The molecule has 0 spiro atoms. The van der Waals surface area contributed by atoms with E-state index in [1.165, 1.54) is 77.0 Å². The number of quaternary nitrogens is 1. The van der Waals surface area contributed by atoms with Crippen LogP contribution in [-0.2, 0) is 18.3 Å². The van der Waals surface area contributed by atoms with Gasteiger partial charge in [0.1, 0.15) is 19.3 Å². The van der Waals surface area contributed by atoms with Crippen LogP contribution in [0.3, 0.4) is 0 Å². The summed E-state index contributed by atoms with van der Waals surface area (Å²) in [7, 11) is 1.73. The fourth-order valence-electron chi connectivity index (χ4n) is 3.41. The summed E-state index contributed by atoms with van der Waals surface area (Å²) in [5.74, 6) is 0. The SMILES string of the molecule is CCCCCCCCCCCCCC/C=C\CCOC[C@@H](O)COP(=O)(O)OCC[N+](C)(C)C. The van der Waals surface area contributed by atoms with Crippen molar-refractivity contribution < 1.29 is 32.8 Å². The van der Waals surface area contributed by atoms with E-state index >= 15 is 0 Å². The average molecular weight is 509 g/mol. The van der Waals surface area contributed by atoms with Crippen LogP contribution < -0.4 is 0 Å². The minimum absolute atomic E-state index is 0.0610. The van der Waals surface area contributed by atoms with Gasteiger partial charge in [-0.3, -0.25) is 9.05 Å². The summed E-state index contributed by atoms with van der Waals surface area (Å²) >= 11 is 0. The highest BCUT2D eigenvalue weighted by Crippen LogP contribution is 2.43. The van der Waals surface area contributed by atoms with E-state index in [1.807, 2.05) is 21.1 Å². The van der Waals surface area contributed by atoms with Gasteiger partial charge in [0.05, 0.1) is 41.0 Å². The second-order valence-corrected chi connectivity index (χ2v) is 11.7. The van der Waals surface area contributed by atoms with Gasteiger partial charge in [-0.05, 0) is 19.3 Å². The van der Waals surface area contributed by atoms with Crippen LogP contribution in [0.1, 0.15) is 96.8 Å². The molecule has 0 bridgehead atoms. The first kappa shape index (κ1) is 33.7. The molecule has 0 amide bonds. The average Bonchev–Trinajstić information content (AvgIpc) is 2.76. The quantitative estimate of drug-likeness (QED) is 0.0657. The van der Waals surface area contributed by atoms with Crippen molar-refractivity contribution in [3.63, 3.8) is 0 Å². The third-order valence-electron chi connectivity index (χ3n) is 5.58. The summed E-state index contributed by atoms with van der Waals surface area (Å²) in [6, 6.07) is 0. The normalized spacial score (nSPS) is 15.1. The maximum atomic E-state index is 11.8. The Balaban J connectivity index is 3.46. The number of phosphoric ester groups is 1. The van der Waals surface area contributed by atoms with E-state index < -0.39 is 13.9 Å². The van der Waals surface area contributed by atoms with Crippen LogP contribution in [0.25, 0.3) is 0 Å². The third kappa shape index (κ3) is 26.3. The third-order valence-corrected chi connectivity index (χ3v) is 6.56. The fourth-order valence-corrected chi connectivity index (χ4v) is 4.15. The molecule has 0 fully saturated rings. The van der Waals surface area contributed by atoms with E-state index in [2.05, 4.69) is 19.1 Å². The van der Waals surface area contributed by atoms with Crippen molar-refractivity contribution in [1.82, 2.24) is 0 Å². The number of hydrogen-bond acceptors (Lipinski definition) is 5. The van der Waals surface area contributed by atoms with Crippen molar-refractivity contribution >= 4 is 7.82 Å². The number of phosphoric acid groups is 1. The Morgan fingerprint density at radius 3 is 1.85 bits per heavy atom. The zero-order valence-corrected chi connectivity index (χ0v) is 23.5. The fraction of sp³-hybridized carbons (Fsp3) is 0.923. The number of nitrogens with zero attached hydrogens (tertiary/aromatic N) is 1. The molecule has 0 aromatic rings. The Labute approximate surface area is 210 Å². The molecule has 8 heteroatoms. The number of aliphatic hydroxyl groups excluding tert-OH is 1. The lowest BCUT2D eigenvalue weighted by Crippen LogP contribution is -2.37. The van der Waals surface area contributed by atoms with Gasteiger partial charge in [-0.2, -0.15) is 0 Å². The minimum atomic E-state index is -4.15. The molecule has 0 aromatic carbocycles. The van der Waals surface area contributed by atoms with Gasteiger partial charge in [-0.25, -0.2) is 4.57 Å². The van der Waals surface area contributed by atoms with Crippen molar-refractivity contribution in [3.05, 3.63) is 12.2 Å². The van der Waals surface area contributed by atoms with Gasteiger partial charge in [0.2, 0.25) is 0 Å². The summed E-state index contributed by atoms with van der Waals surface area (Å²) in [5, 5.41) is 9.84. The van der Waals surface area contributed by atoms with E-state index in [9.17, 15) is 14.6 Å². The molecule has 0 saturated carbocycles. The first-order valence-corrected chi connectivity index (χ1v) is 15.0. The van der Waals surface area contributed by atoms with Gasteiger partial charge in [-0.1, -0.05) is 89.7 Å². The molecule has 0 aromatic heterocycles. The molecule has 7 nitrogen and oxygen atoms in total. The van der Waals surface area contributed by atoms with Crippen LogP contribution in [0.4, 0.5) is 0 Å². The predicted molar refractivity (Wildman–Crippen MR) is 141 cm³/mol. The Bertz CT molecular complexity index is 524. The van der Waals surface area contributed by atoms with Gasteiger partial charge < -0.3 is 19.2 Å². The molecule has 0 heterocycles. The molecule has 204 valence electrons. The monoisotopic (exact) mass is 508 g/mol. The Hall–Kier alpha value is -0.270. The summed E-state index contributed by atoms with van der Waals surface area (Å²) in [5.41, 5.74) is 0. The molecule has 0 saturated heterocycles. The van der Waals surface area contributed by atoms with E-state index in [0.717, 1.165) is 12.8 Å². The first-order chi connectivity index (χ1) is 16.2. The molecule has 0 aliphatic rings. The topological polar surface area (TPSA) is 85.2 Å². The maximum Gasteiger partial charge on any atom is 0.472 e. The van der Waals surface area contributed by atoms with Gasteiger partial charge in [0, 0.05) is 0 Å². The van der Waals surface area contributed by atoms with Crippen molar-refractivity contribution in [2.45, 2.75) is 103 Å². The molecule has 34 heavy (non-hydrogen) atoms. The number of rotatable bonds is 25. The van der Waals surface area contributed by atoms with E-state index in [1.54, 1.807) is 0 Å². The number of allylic oxidation sites excluding steroid dienone is 1. The highest BCUT2D eigenvalue weighted by atomic mass is 31.2. The molecular weight excluding hydrogens is 453 g/mol. The molecule has 2 atom stereocenters. The van der Waals surface area contributed by atoms with Crippen LogP contribution in [0.15, 0.2) is 12.2 Å². The summed E-state index contributed by atoms with van der Waals surface area (Å²) in [6.45, 7) is 3.21. The number of likely N-dealkylation sites (N-methyl/N-ethyl adjacent to an activating group) is 1. The van der Waals surface area contributed by atoms with Crippen molar-refractivity contribution in [2.24, 2.45) is 0 Å².